The molecule has 0 unspecified atom stereocenters. The van der Waals surface area contributed by atoms with Gasteiger partial charge < -0.3 is 24.5 Å². The van der Waals surface area contributed by atoms with Crippen molar-refractivity contribution < 1.29 is 36.6 Å². The molecule has 13 heteroatoms. The molecule has 2 fully saturated rings. The summed E-state index contributed by atoms with van der Waals surface area (Å²) < 4.78 is 67.7. The number of aliphatic hydroxyl groups is 1. The molecule has 2 aliphatic rings. The number of nitrogens with one attached hydrogen (secondary N) is 1. The second-order valence-corrected chi connectivity index (χ2v) is 10.7. The Morgan fingerprint density at radius 1 is 1.23 bits per heavy atom. The van der Waals surface area contributed by atoms with Gasteiger partial charge in [-0.2, -0.15) is 4.31 Å². The van der Waals surface area contributed by atoms with Crippen LogP contribution in [0.3, 0.4) is 0 Å². The molecule has 4 atom stereocenters. The van der Waals surface area contributed by atoms with Gasteiger partial charge in [-0.1, -0.05) is 0 Å². The van der Waals surface area contributed by atoms with Crippen LogP contribution >= 0.6 is 0 Å². The van der Waals surface area contributed by atoms with Crippen LogP contribution in [0.4, 0.5) is 8.78 Å². The topological polar surface area (TPSA) is 123 Å². The maximum atomic E-state index is 13.3. The van der Waals surface area contributed by atoms with Crippen molar-refractivity contribution in [3.63, 3.8) is 0 Å². The van der Waals surface area contributed by atoms with E-state index in [2.05, 4.69) is 10.3 Å². The number of ether oxygens (including phenoxy) is 2. The lowest BCUT2D eigenvalue weighted by atomic mass is 9.96. The van der Waals surface area contributed by atoms with E-state index in [1.807, 2.05) is 0 Å². The number of β-amino-alcohol motifs (C(OH)–C–C–N with tert-alkyl or cyclic N) is 1. The number of rotatable bonds is 6. The number of nitrogens with zero attached hydrogens (tertiary/aromatic N) is 3. The van der Waals surface area contributed by atoms with Gasteiger partial charge in [-0.3, -0.25) is 4.79 Å². The Kier molecular flexibility index (Phi) is 7.81. The average Bonchev–Trinajstić information content (AvgIpc) is 3.22. The van der Waals surface area contributed by atoms with E-state index >= 15 is 0 Å². The molecule has 2 aliphatic heterocycles. The normalized spacial score (nSPS) is 25.9. The zero-order valence-corrected chi connectivity index (χ0v) is 20.0. The number of aliphatic hydroxyl groups excluding tert-OH is 1. The Bertz CT molecular complexity index is 1140. The first-order chi connectivity index (χ1) is 16.6. The Hall–Kier alpha value is -2.45. The number of fused-ring (bicyclic) bond motifs is 1. The quantitative estimate of drug-likeness (QED) is 0.582. The van der Waals surface area contributed by atoms with Crippen LogP contribution in [-0.4, -0.2) is 77.4 Å². The van der Waals surface area contributed by atoms with Gasteiger partial charge in [0.05, 0.1) is 50.3 Å². The fraction of sp³-hybridized carbons (Fsp3) is 0.545. The third kappa shape index (κ3) is 6.22. The molecule has 1 amide bonds. The summed E-state index contributed by atoms with van der Waals surface area (Å²) in [5.74, 6) is -1.82. The van der Waals surface area contributed by atoms with Crippen molar-refractivity contribution in [1.29, 1.82) is 0 Å². The monoisotopic (exact) mass is 514 g/mol. The molecule has 4 rings (SSSR count). The van der Waals surface area contributed by atoms with Crippen molar-refractivity contribution in [2.24, 2.45) is 7.05 Å². The van der Waals surface area contributed by atoms with Crippen molar-refractivity contribution in [3.05, 3.63) is 47.9 Å². The fourth-order valence-electron chi connectivity index (χ4n) is 4.41. The second kappa shape index (κ2) is 10.7. The number of imidazole rings is 1. The first-order valence-electron chi connectivity index (χ1n) is 11.2. The minimum absolute atomic E-state index is 0.00334. The Labute approximate surface area is 201 Å². The van der Waals surface area contributed by atoms with Crippen LogP contribution in [0.2, 0.25) is 0 Å². The van der Waals surface area contributed by atoms with E-state index in [1.165, 1.54) is 21.4 Å². The first kappa shape index (κ1) is 25.6. The zero-order chi connectivity index (χ0) is 25.2. The number of aromatic nitrogens is 2. The lowest BCUT2D eigenvalue weighted by Gasteiger charge is -2.43. The van der Waals surface area contributed by atoms with Crippen LogP contribution in [0.25, 0.3) is 0 Å². The molecule has 0 radical (unpaired) electrons. The van der Waals surface area contributed by atoms with Gasteiger partial charge >= 0.3 is 0 Å². The molecule has 0 saturated carbocycles. The van der Waals surface area contributed by atoms with Crippen LogP contribution in [0.5, 0.6) is 0 Å². The van der Waals surface area contributed by atoms with Gasteiger partial charge in [0.15, 0.2) is 5.03 Å². The van der Waals surface area contributed by atoms with Crippen molar-refractivity contribution in [2.75, 3.05) is 19.8 Å². The minimum Gasteiger partial charge on any atom is -0.389 e. The molecule has 2 N–H and O–H groups in total. The number of hydrogen-bond donors (Lipinski definition) is 2. The molecule has 0 spiro atoms. The van der Waals surface area contributed by atoms with E-state index in [9.17, 15) is 27.1 Å². The third-order valence-electron chi connectivity index (χ3n) is 6.01. The summed E-state index contributed by atoms with van der Waals surface area (Å²) in [5, 5.41) is 12.8. The van der Waals surface area contributed by atoms with E-state index in [-0.39, 0.29) is 43.7 Å². The maximum Gasteiger partial charge on any atom is 0.262 e. The first-order valence-corrected chi connectivity index (χ1v) is 12.7. The number of aryl methyl sites for hydroxylation is 1. The number of amides is 1. The summed E-state index contributed by atoms with van der Waals surface area (Å²) in [4.78, 5) is 16.4. The summed E-state index contributed by atoms with van der Waals surface area (Å²) in [6.45, 7) is -0.213. The van der Waals surface area contributed by atoms with Crippen LogP contribution in [0, 0.1) is 11.6 Å². The molecule has 1 aromatic carbocycles. The van der Waals surface area contributed by atoms with Crippen LogP contribution < -0.4 is 5.32 Å². The van der Waals surface area contributed by atoms with Crippen LogP contribution in [0.15, 0.2) is 35.7 Å². The number of sulfonamides is 1. The largest absolute Gasteiger partial charge is 0.389 e. The predicted molar refractivity (Wildman–Crippen MR) is 118 cm³/mol. The van der Waals surface area contributed by atoms with Crippen molar-refractivity contribution in [1.82, 2.24) is 19.2 Å². The Balaban J connectivity index is 1.41. The summed E-state index contributed by atoms with van der Waals surface area (Å²) in [6, 6.07) is 2.43. The highest BCUT2D eigenvalue weighted by Crippen LogP contribution is 2.31. The van der Waals surface area contributed by atoms with E-state index < -0.39 is 46.0 Å². The van der Waals surface area contributed by atoms with Crippen LogP contribution in [-0.2, 0) is 37.9 Å². The summed E-state index contributed by atoms with van der Waals surface area (Å²) in [5.41, 5.74) is 0.294. The third-order valence-corrected chi connectivity index (χ3v) is 7.79. The fourth-order valence-corrected chi connectivity index (χ4v) is 6.09. The van der Waals surface area contributed by atoms with Gasteiger partial charge in [0, 0.05) is 32.4 Å². The Morgan fingerprint density at radius 3 is 2.66 bits per heavy atom. The second-order valence-electron chi connectivity index (χ2n) is 8.84. The highest BCUT2D eigenvalue weighted by molar-refractivity contribution is 7.89. The average molecular weight is 515 g/mol. The van der Waals surface area contributed by atoms with Crippen molar-refractivity contribution in [3.8, 4) is 0 Å². The lowest BCUT2D eigenvalue weighted by molar-refractivity contribution is -0.146. The standard InChI is InChI=1S/C22H28F2N4O6S/c1-27-10-22(26-13-27)35(31,32)28-9-17(29)11-33-12-20-19(28)3-2-18(34-20)7-21(30)25-8-14-4-15(23)6-16(24)5-14/h4-6,10,13,17-20,29H,2-3,7-9,11-12H2,1H3,(H,25,30)/t17-,18+,19-,20+/m0/s1. The number of benzene rings is 1. The molecular weight excluding hydrogens is 486 g/mol. The SMILES string of the molecule is Cn1cnc(S(=O)(=O)N2C[C@H](O)COC[C@H]3O[C@@H](CC(=O)NCc4cc(F)cc(F)c4)CC[C@@H]32)c1. The van der Waals surface area contributed by atoms with Gasteiger partial charge in [-0.25, -0.2) is 22.2 Å². The van der Waals surface area contributed by atoms with Gasteiger partial charge in [-0.15, -0.1) is 0 Å². The van der Waals surface area contributed by atoms with Crippen LogP contribution in [0.1, 0.15) is 24.8 Å². The molecule has 2 saturated heterocycles. The van der Waals surface area contributed by atoms with Crippen molar-refractivity contribution >= 4 is 15.9 Å². The maximum absolute atomic E-state index is 13.3. The molecule has 1 aromatic heterocycles. The Morgan fingerprint density at radius 2 is 1.97 bits per heavy atom. The highest BCUT2D eigenvalue weighted by atomic mass is 32.2. The molecule has 35 heavy (non-hydrogen) atoms. The van der Waals surface area contributed by atoms with E-state index in [0.29, 0.717) is 18.4 Å². The van der Waals surface area contributed by atoms with Gasteiger partial charge in [0.1, 0.15) is 11.6 Å². The molecule has 3 heterocycles. The number of hydrogen-bond acceptors (Lipinski definition) is 7. The van der Waals surface area contributed by atoms with E-state index in [0.717, 1.165) is 18.2 Å². The number of carbonyl (C=O) groups excluding carboxylic acids is 1. The molecule has 10 nitrogen and oxygen atoms in total. The predicted octanol–water partition coefficient (Wildman–Crippen LogP) is 0.703. The summed E-state index contributed by atoms with van der Waals surface area (Å²) in [6.07, 6.45) is 1.42. The van der Waals surface area contributed by atoms with Gasteiger partial charge in [0.2, 0.25) is 5.91 Å². The molecule has 192 valence electrons. The lowest BCUT2D eigenvalue weighted by Crippen LogP contribution is -2.57. The van der Waals surface area contributed by atoms with Crippen molar-refractivity contribution in [2.45, 2.75) is 55.2 Å². The zero-order valence-electron chi connectivity index (χ0n) is 19.1. The highest BCUT2D eigenvalue weighted by Gasteiger charge is 2.43. The molecule has 2 aromatic rings. The van der Waals surface area contributed by atoms with E-state index in [1.54, 1.807) is 7.05 Å². The minimum atomic E-state index is -4.01. The molecule has 0 bridgehead atoms. The smallest absolute Gasteiger partial charge is 0.262 e. The van der Waals surface area contributed by atoms with Gasteiger partial charge in [0.25, 0.3) is 10.0 Å². The molecule has 0 aliphatic carbocycles. The van der Waals surface area contributed by atoms with Gasteiger partial charge in [-0.05, 0) is 30.5 Å². The summed E-state index contributed by atoms with van der Waals surface area (Å²) >= 11 is 0. The number of carbonyl (C=O) groups is 1. The molecular formula is C22H28F2N4O6S. The number of halogens is 2. The summed E-state index contributed by atoms with van der Waals surface area (Å²) in [7, 11) is -2.34. The van der Waals surface area contributed by atoms with E-state index in [4.69, 9.17) is 9.47 Å².